The zero-order valence-electron chi connectivity index (χ0n) is 11.4. The van der Waals surface area contributed by atoms with Crippen LogP contribution in [0.4, 0.5) is 20.4 Å². The number of hydrogen-bond acceptors (Lipinski definition) is 4. The van der Waals surface area contributed by atoms with E-state index < -0.39 is 11.6 Å². The summed E-state index contributed by atoms with van der Waals surface area (Å²) in [6, 6.07) is 6.37. The molecular formula is C14H16F2N4. The SMILES string of the molecule is CCN(Cc1cccc(C)n1)c1nc(N)c(F)cc1F. The van der Waals surface area contributed by atoms with Gasteiger partial charge in [-0.3, -0.25) is 4.98 Å². The first kappa shape index (κ1) is 14.2. The zero-order chi connectivity index (χ0) is 14.7. The predicted octanol–water partition coefficient (Wildman–Crippen LogP) is 2.67. The van der Waals surface area contributed by atoms with Crippen LogP contribution in [0.3, 0.4) is 0 Å². The Balaban J connectivity index is 2.31. The molecule has 0 aliphatic heterocycles. The second kappa shape index (κ2) is 5.81. The summed E-state index contributed by atoms with van der Waals surface area (Å²) in [6.45, 7) is 4.63. The number of hydrogen-bond donors (Lipinski definition) is 1. The number of nitrogens with two attached hydrogens (primary N) is 1. The Morgan fingerprint density at radius 1 is 1.20 bits per heavy atom. The molecule has 2 heterocycles. The number of anilines is 2. The van der Waals surface area contributed by atoms with E-state index in [4.69, 9.17) is 5.73 Å². The van der Waals surface area contributed by atoms with Gasteiger partial charge in [0.25, 0.3) is 0 Å². The molecule has 2 N–H and O–H groups in total. The van der Waals surface area contributed by atoms with Gasteiger partial charge >= 0.3 is 0 Å². The summed E-state index contributed by atoms with van der Waals surface area (Å²) >= 11 is 0. The molecule has 0 aliphatic carbocycles. The number of halogens is 2. The fourth-order valence-electron chi connectivity index (χ4n) is 1.91. The summed E-state index contributed by atoms with van der Waals surface area (Å²) in [4.78, 5) is 9.81. The molecular weight excluding hydrogens is 262 g/mol. The third kappa shape index (κ3) is 3.01. The Morgan fingerprint density at radius 3 is 2.60 bits per heavy atom. The molecule has 2 aromatic rings. The monoisotopic (exact) mass is 278 g/mol. The molecule has 2 aromatic heterocycles. The first-order valence-electron chi connectivity index (χ1n) is 6.30. The minimum atomic E-state index is -0.851. The van der Waals surface area contributed by atoms with Crippen LogP contribution in [0.5, 0.6) is 0 Å². The minimum absolute atomic E-state index is 0.0368. The van der Waals surface area contributed by atoms with Crippen LogP contribution in [0, 0.1) is 18.6 Å². The van der Waals surface area contributed by atoms with Gasteiger partial charge in [-0.1, -0.05) is 6.07 Å². The lowest BCUT2D eigenvalue weighted by atomic mass is 10.3. The second-order valence-corrected chi connectivity index (χ2v) is 4.45. The van der Waals surface area contributed by atoms with E-state index in [-0.39, 0.29) is 11.6 Å². The summed E-state index contributed by atoms with van der Waals surface area (Å²) < 4.78 is 27.0. The molecule has 0 radical (unpaired) electrons. The molecule has 106 valence electrons. The molecule has 2 rings (SSSR count). The van der Waals surface area contributed by atoms with Crippen molar-refractivity contribution in [3.63, 3.8) is 0 Å². The molecule has 0 aliphatic rings. The van der Waals surface area contributed by atoms with Crippen LogP contribution in [0.15, 0.2) is 24.3 Å². The van der Waals surface area contributed by atoms with Gasteiger partial charge in [-0.15, -0.1) is 0 Å². The van der Waals surface area contributed by atoms with Crippen molar-refractivity contribution < 1.29 is 8.78 Å². The summed E-state index contributed by atoms with van der Waals surface area (Å²) in [6.07, 6.45) is 0. The van der Waals surface area contributed by atoms with Crippen LogP contribution < -0.4 is 10.6 Å². The fraction of sp³-hybridized carbons (Fsp3) is 0.286. The summed E-state index contributed by atoms with van der Waals surface area (Å²) in [5.74, 6) is -1.85. The van der Waals surface area contributed by atoms with E-state index in [0.717, 1.165) is 17.5 Å². The van der Waals surface area contributed by atoms with Gasteiger partial charge in [-0.05, 0) is 26.0 Å². The van der Waals surface area contributed by atoms with Crippen molar-refractivity contribution in [2.45, 2.75) is 20.4 Å². The lowest BCUT2D eigenvalue weighted by molar-refractivity contribution is 0.570. The van der Waals surface area contributed by atoms with E-state index in [1.165, 1.54) is 0 Å². The first-order valence-corrected chi connectivity index (χ1v) is 6.30. The molecule has 0 saturated carbocycles. The predicted molar refractivity (Wildman–Crippen MR) is 74.3 cm³/mol. The van der Waals surface area contributed by atoms with E-state index in [0.29, 0.717) is 13.1 Å². The van der Waals surface area contributed by atoms with Gasteiger partial charge in [-0.2, -0.15) is 0 Å². The Hall–Kier alpha value is -2.24. The third-order valence-electron chi connectivity index (χ3n) is 2.92. The molecule has 0 atom stereocenters. The largest absolute Gasteiger partial charge is 0.381 e. The van der Waals surface area contributed by atoms with E-state index in [9.17, 15) is 8.78 Å². The molecule has 6 heteroatoms. The van der Waals surface area contributed by atoms with Gasteiger partial charge in [0.15, 0.2) is 23.3 Å². The molecule has 20 heavy (non-hydrogen) atoms. The smallest absolute Gasteiger partial charge is 0.168 e. The summed E-state index contributed by atoms with van der Waals surface area (Å²) in [7, 11) is 0. The van der Waals surface area contributed by atoms with Crippen LogP contribution in [-0.4, -0.2) is 16.5 Å². The van der Waals surface area contributed by atoms with Crippen molar-refractivity contribution in [3.8, 4) is 0 Å². The van der Waals surface area contributed by atoms with Gasteiger partial charge < -0.3 is 10.6 Å². The molecule has 0 amide bonds. The minimum Gasteiger partial charge on any atom is -0.381 e. The number of rotatable bonds is 4. The van der Waals surface area contributed by atoms with Crippen molar-refractivity contribution >= 4 is 11.6 Å². The second-order valence-electron chi connectivity index (χ2n) is 4.45. The summed E-state index contributed by atoms with van der Waals surface area (Å²) in [5.41, 5.74) is 7.07. The highest BCUT2D eigenvalue weighted by Crippen LogP contribution is 2.22. The third-order valence-corrected chi connectivity index (χ3v) is 2.92. The molecule has 0 spiro atoms. The Bertz CT molecular complexity index is 616. The maximum atomic E-state index is 13.8. The molecule has 4 nitrogen and oxygen atoms in total. The molecule has 0 unspecified atom stereocenters. The van der Waals surface area contributed by atoms with Crippen LogP contribution in [0.1, 0.15) is 18.3 Å². The van der Waals surface area contributed by atoms with E-state index in [2.05, 4.69) is 9.97 Å². The van der Waals surface area contributed by atoms with Gasteiger partial charge in [0.1, 0.15) is 0 Å². The van der Waals surface area contributed by atoms with Crippen molar-refractivity contribution in [2.24, 2.45) is 0 Å². The summed E-state index contributed by atoms with van der Waals surface area (Å²) in [5, 5.41) is 0. The topological polar surface area (TPSA) is 55.0 Å². The zero-order valence-corrected chi connectivity index (χ0v) is 11.4. The van der Waals surface area contributed by atoms with Crippen molar-refractivity contribution in [1.29, 1.82) is 0 Å². The Morgan fingerprint density at radius 2 is 1.95 bits per heavy atom. The average molecular weight is 278 g/mol. The van der Waals surface area contributed by atoms with Crippen LogP contribution in [0.2, 0.25) is 0 Å². The standard InChI is InChI=1S/C14H16F2N4/c1-3-20(8-10-6-4-5-9(2)18-10)14-12(16)7-11(15)13(17)19-14/h4-7H,3,8H2,1-2H3,(H2,17,19). The van der Waals surface area contributed by atoms with E-state index in [1.54, 1.807) is 4.90 Å². The molecule has 0 fully saturated rings. The fourth-order valence-corrected chi connectivity index (χ4v) is 1.91. The first-order chi connectivity index (χ1) is 9.51. The maximum Gasteiger partial charge on any atom is 0.168 e. The van der Waals surface area contributed by atoms with Crippen molar-refractivity contribution in [2.75, 3.05) is 17.2 Å². The van der Waals surface area contributed by atoms with Gasteiger partial charge in [0.2, 0.25) is 0 Å². The molecule has 0 bridgehead atoms. The number of aromatic nitrogens is 2. The van der Waals surface area contributed by atoms with Gasteiger partial charge in [0, 0.05) is 18.3 Å². The lowest BCUT2D eigenvalue weighted by Gasteiger charge is -2.22. The Kier molecular flexibility index (Phi) is 4.12. The highest BCUT2D eigenvalue weighted by molar-refractivity contribution is 5.47. The average Bonchev–Trinajstić information content (AvgIpc) is 2.40. The van der Waals surface area contributed by atoms with E-state index in [1.807, 2.05) is 32.0 Å². The Labute approximate surface area is 116 Å². The normalized spacial score (nSPS) is 10.6. The number of pyridine rings is 2. The highest BCUT2D eigenvalue weighted by atomic mass is 19.1. The van der Waals surface area contributed by atoms with Crippen LogP contribution in [-0.2, 0) is 6.54 Å². The molecule has 0 aromatic carbocycles. The lowest BCUT2D eigenvalue weighted by Crippen LogP contribution is -2.25. The van der Waals surface area contributed by atoms with Crippen LogP contribution >= 0.6 is 0 Å². The van der Waals surface area contributed by atoms with Crippen molar-refractivity contribution in [3.05, 3.63) is 47.3 Å². The van der Waals surface area contributed by atoms with E-state index >= 15 is 0 Å². The number of nitrogen functional groups attached to an aromatic ring is 1. The molecule has 0 saturated heterocycles. The quantitative estimate of drug-likeness (QED) is 0.934. The number of aryl methyl sites for hydroxylation is 1. The van der Waals surface area contributed by atoms with Crippen molar-refractivity contribution in [1.82, 2.24) is 9.97 Å². The number of nitrogens with zero attached hydrogens (tertiary/aromatic N) is 3. The van der Waals surface area contributed by atoms with Gasteiger partial charge in [0.05, 0.1) is 12.2 Å². The van der Waals surface area contributed by atoms with Gasteiger partial charge in [-0.25, -0.2) is 13.8 Å². The van der Waals surface area contributed by atoms with Crippen LogP contribution in [0.25, 0.3) is 0 Å². The maximum absolute atomic E-state index is 13.8. The highest BCUT2D eigenvalue weighted by Gasteiger charge is 2.16.